The van der Waals surface area contributed by atoms with Crippen LogP contribution in [0.25, 0.3) is 0 Å². The Morgan fingerprint density at radius 2 is 2.12 bits per heavy atom. The predicted molar refractivity (Wildman–Crippen MR) is 101 cm³/mol. The van der Waals surface area contributed by atoms with Gasteiger partial charge in [0.05, 0.1) is 19.4 Å². The number of aryl methyl sites for hydroxylation is 1. The monoisotopic (exact) mass is 380 g/mol. The molecular formula is C18H25N2O5P. The van der Waals surface area contributed by atoms with Crippen LogP contribution < -0.4 is 14.6 Å². The van der Waals surface area contributed by atoms with Crippen LogP contribution >= 0.6 is 7.60 Å². The summed E-state index contributed by atoms with van der Waals surface area (Å²) in [5, 5.41) is 13.1. The summed E-state index contributed by atoms with van der Waals surface area (Å²) in [7, 11) is -2.11. The highest BCUT2D eigenvalue weighted by Crippen LogP contribution is 2.54. The van der Waals surface area contributed by atoms with E-state index in [0.29, 0.717) is 17.7 Å². The number of anilines is 1. The lowest BCUT2D eigenvalue weighted by Gasteiger charge is -2.27. The molecule has 0 aliphatic rings. The van der Waals surface area contributed by atoms with Crippen molar-refractivity contribution < 1.29 is 23.5 Å². The maximum atomic E-state index is 13.5. The van der Waals surface area contributed by atoms with E-state index in [1.807, 2.05) is 13.0 Å². The van der Waals surface area contributed by atoms with Gasteiger partial charge in [0.25, 0.3) is 0 Å². The number of phenolic OH excluding ortho intramolecular Hbond substituents is 1. The van der Waals surface area contributed by atoms with Crippen LogP contribution in [0.5, 0.6) is 17.2 Å². The Kier molecular flexibility index (Phi) is 6.89. The number of nitrogens with zero attached hydrogens (tertiary/aromatic N) is 1. The summed E-state index contributed by atoms with van der Waals surface area (Å²) in [5.41, 5.74) is 1.28. The number of phenols is 1. The number of pyridine rings is 1. The Morgan fingerprint density at radius 1 is 1.35 bits per heavy atom. The number of ether oxygens (including phenoxy) is 1. The van der Waals surface area contributed by atoms with Crippen molar-refractivity contribution >= 4 is 13.3 Å². The van der Waals surface area contributed by atoms with E-state index in [1.165, 1.54) is 13.2 Å². The van der Waals surface area contributed by atoms with Gasteiger partial charge in [-0.3, -0.25) is 9.51 Å². The third-order valence-electron chi connectivity index (χ3n) is 3.76. The highest BCUT2D eigenvalue weighted by Gasteiger charge is 2.36. The summed E-state index contributed by atoms with van der Waals surface area (Å²) in [5.74, 6) is 0.00931. The second-order valence-electron chi connectivity index (χ2n) is 5.65. The van der Waals surface area contributed by atoms with E-state index in [0.717, 1.165) is 5.69 Å². The first kappa shape index (κ1) is 20.1. The Bertz CT molecular complexity index is 770. The topological polar surface area (TPSA) is 89.9 Å². The van der Waals surface area contributed by atoms with Crippen LogP contribution in [-0.4, -0.2) is 29.6 Å². The van der Waals surface area contributed by atoms with E-state index in [2.05, 4.69) is 10.3 Å². The summed E-state index contributed by atoms with van der Waals surface area (Å²) in [6.45, 7) is 5.60. The lowest BCUT2D eigenvalue weighted by molar-refractivity contribution is 0.270. The molecule has 1 aromatic heterocycles. The first-order chi connectivity index (χ1) is 12.4. The summed E-state index contributed by atoms with van der Waals surface area (Å²) in [6, 6.07) is 6.71. The fraction of sp³-hybridized carbons (Fsp3) is 0.389. The molecule has 0 bridgehead atoms. The van der Waals surface area contributed by atoms with Gasteiger partial charge in [0, 0.05) is 18.5 Å². The van der Waals surface area contributed by atoms with Crippen molar-refractivity contribution in [1.29, 1.82) is 0 Å². The molecule has 142 valence electrons. The molecule has 1 heterocycles. The molecule has 0 spiro atoms. The highest BCUT2D eigenvalue weighted by atomic mass is 31.2. The molecule has 2 aromatic rings. The van der Waals surface area contributed by atoms with Gasteiger partial charge in [0.2, 0.25) is 0 Å². The summed E-state index contributed by atoms with van der Waals surface area (Å²) < 4.78 is 30.0. The van der Waals surface area contributed by atoms with Crippen molar-refractivity contribution in [2.24, 2.45) is 0 Å². The molecule has 2 rings (SSSR count). The van der Waals surface area contributed by atoms with Gasteiger partial charge >= 0.3 is 7.60 Å². The van der Waals surface area contributed by atoms with Gasteiger partial charge in [-0.15, -0.1) is 0 Å². The standard InChI is InChI=1S/C18H25N2O5P/c1-5-17(20-14-8-7-9-19-12-14)26(22,24-6-2)25-15-10-13(3)18(21)16(11-15)23-4/h7-12,17,20-21H,5-6H2,1-4H3. The summed E-state index contributed by atoms with van der Waals surface area (Å²) in [6.07, 6.45) is 3.82. The molecule has 2 atom stereocenters. The minimum Gasteiger partial charge on any atom is -0.504 e. The van der Waals surface area contributed by atoms with E-state index in [-0.39, 0.29) is 18.1 Å². The van der Waals surface area contributed by atoms with Crippen LogP contribution in [0, 0.1) is 6.92 Å². The number of benzene rings is 1. The lowest BCUT2D eigenvalue weighted by Crippen LogP contribution is -2.23. The van der Waals surface area contributed by atoms with Crippen LogP contribution in [-0.2, 0) is 9.09 Å². The van der Waals surface area contributed by atoms with Crippen molar-refractivity contribution in [3.8, 4) is 17.2 Å². The largest absolute Gasteiger partial charge is 0.504 e. The number of hydrogen-bond donors (Lipinski definition) is 2. The van der Waals surface area contributed by atoms with Gasteiger partial charge in [0.15, 0.2) is 11.5 Å². The number of rotatable bonds is 9. The van der Waals surface area contributed by atoms with Gasteiger partial charge in [-0.05, 0) is 44.0 Å². The van der Waals surface area contributed by atoms with Gasteiger partial charge in [0.1, 0.15) is 11.5 Å². The molecule has 0 saturated carbocycles. The normalized spacial score (nSPS) is 14.3. The maximum Gasteiger partial charge on any atom is 0.401 e. The smallest absolute Gasteiger partial charge is 0.401 e. The summed E-state index contributed by atoms with van der Waals surface area (Å²) >= 11 is 0. The van der Waals surface area contributed by atoms with Crippen LogP contribution in [0.3, 0.4) is 0 Å². The Balaban J connectivity index is 2.33. The quantitative estimate of drug-likeness (QED) is 0.616. The Morgan fingerprint density at radius 3 is 2.69 bits per heavy atom. The number of hydrogen-bond acceptors (Lipinski definition) is 7. The zero-order chi connectivity index (χ0) is 19.2. The molecule has 8 heteroatoms. The molecule has 1 aromatic carbocycles. The van der Waals surface area contributed by atoms with E-state index >= 15 is 0 Å². The first-order valence-electron chi connectivity index (χ1n) is 8.41. The second kappa shape index (κ2) is 8.92. The van der Waals surface area contributed by atoms with E-state index in [1.54, 1.807) is 38.4 Å². The number of methoxy groups -OCH3 is 1. The minimum absolute atomic E-state index is 0.0200. The molecule has 0 aliphatic heterocycles. The number of aromatic nitrogens is 1. The van der Waals surface area contributed by atoms with Gasteiger partial charge in [-0.1, -0.05) is 6.92 Å². The molecule has 0 radical (unpaired) electrons. The molecule has 26 heavy (non-hydrogen) atoms. The molecule has 0 saturated heterocycles. The summed E-state index contributed by atoms with van der Waals surface area (Å²) in [4.78, 5) is 4.05. The second-order valence-corrected chi connectivity index (χ2v) is 7.79. The number of nitrogens with one attached hydrogen (secondary N) is 1. The molecule has 2 unspecified atom stereocenters. The van der Waals surface area contributed by atoms with Crippen LogP contribution in [0.2, 0.25) is 0 Å². The van der Waals surface area contributed by atoms with Crippen molar-refractivity contribution in [2.45, 2.75) is 33.0 Å². The average molecular weight is 380 g/mol. The average Bonchev–Trinajstić information content (AvgIpc) is 2.63. The lowest BCUT2D eigenvalue weighted by atomic mass is 10.2. The fourth-order valence-electron chi connectivity index (χ4n) is 2.48. The third-order valence-corrected chi connectivity index (χ3v) is 6.10. The van der Waals surface area contributed by atoms with Crippen molar-refractivity contribution in [2.75, 3.05) is 19.0 Å². The van der Waals surface area contributed by atoms with Crippen LogP contribution in [0.15, 0.2) is 36.7 Å². The SMILES string of the molecule is CCOP(=O)(Oc1cc(C)c(O)c(OC)c1)C(CC)Nc1cccnc1. The molecule has 2 N–H and O–H groups in total. The highest BCUT2D eigenvalue weighted by molar-refractivity contribution is 7.55. The van der Waals surface area contributed by atoms with E-state index in [9.17, 15) is 9.67 Å². The Hall–Kier alpha value is -2.24. The zero-order valence-electron chi connectivity index (χ0n) is 15.4. The molecule has 0 fully saturated rings. The van der Waals surface area contributed by atoms with Crippen molar-refractivity contribution in [3.63, 3.8) is 0 Å². The van der Waals surface area contributed by atoms with Crippen LogP contribution in [0.1, 0.15) is 25.8 Å². The van der Waals surface area contributed by atoms with Crippen LogP contribution in [0.4, 0.5) is 5.69 Å². The molecular weight excluding hydrogens is 355 g/mol. The van der Waals surface area contributed by atoms with Gasteiger partial charge in [-0.2, -0.15) is 0 Å². The van der Waals surface area contributed by atoms with Gasteiger partial charge < -0.3 is 19.7 Å². The Labute approximate surface area is 153 Å². The molecule has 0 amide bonds. The third kappa shape index (κ3) is 4.68. The predicted octanol–water partition coefficient (Wildman–Crippen LogP) is 4.56. The first-order valence-corrected chi connectivity index (χ1v) is 10.0. The molecule has 7 nitrogen and oxygen atoms in total. The number of aromatic hydroxyl groups is 1. The van der Waals surface area contributed by atoms with Crippen molar-refractivity contribution in [1.82, 2.24) is 4.98 Å². The fourth-order valence-corrected chi connectivity index (χ4v) is 4.35. The van der Waals surface area contributed by atoms with E-state index in [4.69, 9.17) is 13.8 Å². The minimum atomic E-state index is -3.56. The zero-order valence-corrected chi connectivity index (χ0v) is 16.3. The van der Waals surface area contributed by atoms with Crippen molar-refractivity contribution in [3.05, 3.63) is 42.2 Å². The molecule has 0 aliphatic carbocycles. The van der Waals surface area contributed by atoms with E-state index < -0.39 is 13.4 Å². The maximum absolute atomic E-state index is 13.5. The van der Waals surface area contributed by atoms with Gasteiger partial charge in [-0.25, -0.2) is 4.57 Å².